The van der Waals surface area contributed by atoms with Crippen LogP contribution in [0.4, 0.5) is 0 Å². The van der Waals surface area contributed by atoms with E-state index < -0.39 is 7.80 Å². The highest BCUT2D eigenvalue weighted by Crippen LogP contribution is 2.33. The van der Waals surface area contributed by atoms with Crippen LogP contribution >= 0.6 is 7.80 Å². The molecule has 0 aromatic carbocycles. The number of carbonyl (C=O) groups is 1. The lowest BCUT2D eigenvalue weighted by Gasteiger charge is -2.11. The highest BCUT2D eigenvalue weighted by molar-refractivity contribution is 7.45. The highest BCUT2D eigenvalue weighted by atomic mass is 31.1. The molecule has 112 valence electrons. The summed E-state index contributed by atoms with van der Waals surface area (Å²) in [5.41, 5.74) is -0.0763. The molecule has 0 spiro atoms. The van der Waals surface area contributed by atoms with Gasteiger partial charge in [-0.2, -0.15) is 0 Å². The van der Waals surface area contributed by atoms with E-state index in [1.165, 1.54) is 6.92 Å². The smallest absolute Gasteiger partial charge is 0.348 e. The quantitative estimate of drug-likeness (QED) is 0.351. The van der Waals surface area contributed by atoms with Gasteiger partial charge in [-0.3, -0.25) is 4.79 Å². The van der Waals surface area contributed by atoms with Crippen molar-refractivity contribution in [1.29, 1.82) is 0 Å². The molecule has 0 radical (unpaired) electrons. The van der Waals surface area contributed by atoms with Gasteiger partial charge in [-0.05, 0) is 12.3 Å². The van der Waals surface area contributed by atoms with Crippen molar-refractivity contribution in [1.82, 2.24) is 0 Å². The van der Waals surface area contributed by atoms with Gasteiger partial charge in [0, 0.05) is 19.4 Å². The molecule has 0 aromatic heterocycles. The third-order valence-corrected chi connectivity index (χ3v) is 5.00. The third kappa shape index (κ3) is 10.0. The van der Waals surface area contributed by atoms with Gasteiger partial charge in [-0.25, -0.2) is 0 Å². The molecular formula is C14H28O4P+. The molecule has 0 aromatic rings. The average molecular weight is 291 g/mol. The fourth-order valence-corrected chi connectivity index (χ4v) is 3.10. The summed E-state index contributed by atoms with van der Waals surface area (Å²) >= 11 is 0. The van der Waals surface area contributed by atoms with E-state index in [4.69, 9.17) is 9.47 Å². The zero-order valence-electron chi connectivity index (χ0n) is 12.8. The molecule has 0 fully saturated rings. The second kappa shape index (κ2) is 10.3. The molecule has 0 aliphatic rings. The number of rotatable bonds is 10. The second-order valence-electron chi connectivity index (χ2n) is 5.55. The fourth-order valence-electron chi connectivity index (χ4n) is 1.55. The summed E-state index contributed by atoms with van der Waals surface area (Å²) in [6.07, 6.45) is 1.56. The van der Waals surface area contributed by atoms with E-state index in [1.54, 1.807) is 0 Å². The zero-order valence-corrected chi connectivity index (χ0v) is 13.7. The molecule has 0 amide bonds. The van der Waals surface area contributed by atoms with Gasteiger partial charge in [0.15, 0.2) is 11.8 Å². The Morgan fingerprint density at radius 3 is 2.26 bits per heavy atom. The topological polar surface area (TPSA) is 52.6 Å². The van der Waals surface area contributed by atoms with Crippen LogP contribution in [0.1, 0.15) is 41.0 Å². The lowest BCUT2D eigenvalue weighted by molar-refractivity contribution is -0.141. The predicted molar refractivity (Wildman–Crippen MR) is 78.0 cm³/mol. The summed E-state index contributed by atoms with van der Waals surface area (Å²) in [5, 5.41) is 0. The summed E-state index contributed by atoms with van der Waals surface area (Å²) in [6.45, 7) is 11.2. The standard InChI is InChI=1S/C14H28O4P/c1-11(2)6-7-17-8-9-19(16)14(12(3)4)10-18-13(5)15/h11-12,14H,6-10H2,1-5H3/q+1. The predicted octanol–water partition coefficient (Wildman–Crippen LogP) is 3.46. The van der Waals surface area contributed by atoms with E-state index in [-0.39, 0.29) is 24.2 Å². The Kier molecular flexibility index (Phi) is 10.1. The van der Waals surface area contributed by atoms with Crippen LogP contribution in [0, 0.1) is 11.8 Å². The van der Waals surface area contributed by atoms with Gasteiger partial charge in [0.05, 0.1) is 6.61 Å². The number of esters is 1. The minimum absolute atomic E-state index is 0.0763. The molecule has 0 aliphatic carbocycles. The third-order valence-electron chi connectivity index (χ3n) is 2.89. The molecule has 0 heterocycles. The zero-order chi connectivity index (χ0) is 14.8. The summed E-state index contributed by atoms with van der Waals surface area (Å²) < 4.78 is 22.6. The van der Waals surface area contributed by atoms with Gasteiger partial charge >= 0.3 is 13.8 Å². The maximum Gasteiger partial charge on any atom is 0.348 e. The maximum absolute atomic E-state index is 12.2. The summed E-state index contributed by atoms with van der Waals surface area (Å²) in [4.78, 5) is 10.8. The minimum Gasteiger partial charge on any atom is -0.461 e. The Labute approximate surface area is 118 Å². The monoisotopic (exact) mass is 291 g/mol. The Morgan fingerprint density at radius 2 is 1.79 bits per heavy atom. The van der Waals surface area contributed by atoms with Gasteiger partial charge < -0.3 is 9.47 Å². The van der Waals surface area contributed by atoms with Crippen LogP contribution in [-0.2, 0) is 18.8 Å². The van der Waals surface area contributed by atoms with E-state index in [9.17, 15) is 9.36 Å². The first-order valence-corrected chi connectivity index (χ1v) is 8.50. The van der Waals surface area contributed by atoms with E-state index >= 15 is 0 Å². The average Bonchev–Trinajstić information content (AvgIpc) is 2.27. The Bertz CT molecular complexity index is 277. The van der Waals surface area contributed by atoms with Crippen LogP contribution in [0.5, 0.6) is 0 Å². The number of hydrogen-bond acceptors (Lipinski definition) is 4. The molecule has 2 unspecified atom stereocenters. The van der Waals surface area contributed by atoms with Gasteiger partial charge in [0.1, 0.15) is 6.61 Å². The van der Waals surface area contributed by atoms with Gasteiger partial charge in [0.2, 0.25) is 0 Å². The van der Waals surface area contributed by atoms with Crippen molar-refractivity contribution in [2.24, 2.45) is 11.8 Å². The first-order valence-electron chi connectivity index (χ1n) is 6.99. The van der Waals surface area contributed by atoms with Gasteiger partial charge in [-0.15, -0.1) is 0 Å². The first kappa shape index (κ1) is 18.5. The van der Waals surface area contributed by atoms with Crippen LogP contribution < -0.4 is 0 Å². The Morgan fingerprint density at radius 1 is 1.16 bits per heavy atom. The summed E-state index contributed by atoms with van der Waals surface area (Å²) in [5.74, 6) is 0.544. The van der Waals surface area contributed by atoms with Crippen LogP contribution in [0.2, 0.25) is 0 Å². The van der Waals surface area contributed by atoms with Crippen molar-refractivity contribution in [2.45, 2.75) is 46.7 Å². The molecular weight excluding hydrogens is 263 g/mol. The molecule has 0 N–H and O–H groups in total. The molecule has 0 bridgehead atoms. The van der Waals surface area contributed by atoms with Gasteiger partial charge in [-0.1, -0.05) is 32.3 Å². The molecule has 0 aliphatic heterocycles. The van der Waals surface area contributed by atoms with Crippen LogP contribution in [-0.4, -0.2) is 37.6 Å². The highest BCUT2D eigenvalue weighted by Gasteiger charge is 2.33. The van der Waals surface area contributed by atoms with Crippen LogP contribution in [0.15, 0.2) is 0 Å². The first-order chi connectivity index (χ1) is 8.84. The maximum atomic E-state index is 12.2. The molecule has 5 heteroatoms. The largest absolute Gasteiger partial charge is 0.461 e. The second-order valence-corrected chi connectivity index (χ2v) is 7.49. The number of hydrogen-bond donors (Lipinski definition) is 0. The number of ether oxygens (including phenoxy) is 2. The van der Waals surface area contributed by atoms with Crippen molar-refractivity contribution in [3.05, 3.63) is 0 Å². The lowest BCUT2D eigenvalue weighted by atomic mass is 10.1. The Balaban J connectivity index is 3.94. The van der Waals surface area contributed by atoms with Crippen molar-refractivity contribution in [3.8, 4) is 0 Å². The van der Waals surface area contributed by atoms with E-state index in [2.05, 4.69) is 13.8 Å². The molecule has 0 saturated heterocycles. The summed E-state index contributed by atoms with van der Waals surface area (Å²) in [7, 11) is -1.40. The Hall–Kier alpha value is -0.470. The van der Waals surface area contributed by atoms with E-state index in [1.807, 2.05) is 13.8 Å². The molecule has 19 heavy (non-hydrogen) atoms. The molecule has 0 saturated carbocycles. The van der Waals surface area contributed by atoms with Gasteiger partial charge in [0.25, 0.3) is 0 Å². The SMILES string of the molecule is CC(=O)OCC(C(C)C)[P+](=O)CCOCCC(C)C. The van der Waals surface area contributed by atoms with E-state index in [0.29, 0.717) is 18.7 Å². The normalized spacial score (nSPS) is 13.7. The molecule has 0 rings (SSSR count). The van der Waals surface area contributed by atoms with E-state index in [0.717, 1.165) is 13.0 Å². The van der Waals surface area contributed by atoms with Crippen LogP contribution in [0.25, 0.3) is 0 Å². The summed E-state index contributed by atoms with van der Waals surface area (Å²) in [6, 6.07) is 0. The fraction of sp³-hybridized carbons (Fsp3) is 0.929. The number of carbonyl (C=O) groups excluding carboxylic acids is 1. The van der Waals surface area contributed by atoms with Crippen LogP contribution in [0.3, 0.4) is 0 Å². The lowest BCUT2D eigenvalue weighted by Crippen LogP contribution is -2.21. The van der Waals surface area contributed by atoms with Crippen molar-refractivity contribution >= 4 is 13.8 Å². The van der Waals surface area contributed by atoms with Crippen molar-refractivity contribution in [3.63, 3.8) is 0 Å². The molecule has 4 nitrogen and oxygen atoms in total. The van der Waals surface area contributed by atoms with Crippen molar-refractivity contribution in [2.75, 3.05) is 26.0 Å². The molecule has 2 atom stereocenters. The van der Waals surface area contributed by atoms with Crippen molar-refractivity contribution < 1.29 is 18.8 Å². The minimum atomic E-state index is -1.40.